The fourth-order valence-electron chi connectivity index (χ4n) is 1.25. The molecule has 0 aliphatic rings. The Labute approximate surface area is 77.0 Å². The van der Waals surface area contributed by atoms with E-state index in [4.69, 9.17) is 5.14 Å². The smallest absolute Gasteiger partial charge is 0.125 e. The zero-order valence-corrected chi connectivity index (χ0v) is 11.1. The highest BCUT2D eigenvalue weighted by Gasteiger charge is 2.34. The van der Waals surface area contributed by atoms with Gasteiger partial charge in [-0.15, -0.1) is 0 Å². The standard InChI is InChI=1S/C6H18N2SSi2/c1-10(2,3)8(9-7)11(4,5)6/h1-6H3. The van der Waals surface area contributed by atoms with Crippen molar-refractivity contribution in [3.05, 3.63) is 0 Å². The summed E-state index contributed by atoms with van der Waals surface area (Å²) in [5, 5.41) is 9.11. The average Bonchev–Trinajstić information content (AvgIpc) is 1.56. The highest BCUT2D eigenvalue weighted by atomic mass is 32.2. The molecule has 5 heteroatoms. The van der Waals surface area contributed by atoms with Gasteiger partial charge < -0.3 is 0 Å². The molecule has 0 aromatic rings. The largest absolute Gasteiger partial charge is 0.278 e. The molecule has 66 valence electrons. The molecule has 0 saturated carbocycles. The van der Waals surface area contributed by atoms with Gasteiger partial charge in [0.1, 0.15) is 16.5 Å². The minimum absolute atomic E-state index is 0.941. The third-order valence-corrected chi connectivity index (χ3v) is 11.7. The van der Waals surface area contributed by atoms with Gasteiger partial charge in [0, 0.05) is 12.1 Å². The first-order valence-electron chi connectivity index (χ1n) is 3.81. The summed E-state index contributed by atoms with van der Waals surface area (Å²) in [6.07, 6.45) is 0. The molecule has 0 saturated heterocycles. The lowest BCUT2D eigenvalue weighted by Crippen LogP contribution is -2.54. The molecule has 11 heavy (non-hydrogen) atoms. The predicted octanol–water partition coefficient (Wildman–Crippen LogP) is 2.59. The Morgan fingerprint density at radius 2 is 1.18 bits per heavy atom. The number of hydrogen-bond acceptors (Lipinski definition) is 2. The highest BCUT2D eigenvalue weighted by molar-refractivity contribution is 7.97. The van der Waals surface area contributed by atoms with Gasteiger partial charge in [0.2, 0.25) is 0 Å². The van der Waals surface area contributed by atoms with Gasteiger partial charge in [-0.2, -0.15) is 0 Å². The van der Waals surface area contributed by atoms with Gasteiger partial charge in [-0.05, 0) is 5.14 Å². The van der Waals surface area contributed by atoms with Gasteiger partial charge in [0.05, 0.1) is 0 Å². The first kappa shape index (κ1) is 11.7. The van der Waals surface area contributed by atoms with E-state index in [1.165, 1.54) is 0 Å². The predicted molar refractivity (Wildman–Crippen MR) is 58.3 cm³/mol. The SMILES string of the molecule is C[Si](C)(C)N(S[N])[Si](C)(C)C. The summed E-state index contributed by atoms with van der Waals surface area (Å²) >= 11 is 0.941. The molecule has 0 aliphatic carbocycles. The van der Waals surface area contributed by atoms with E-state index in [1.807, 2.05) is 0 Å². The van der Waals surface area contributed by atoms with Crippen LogP contribution in [-0.4, -0.2) is 20.1 Å². The maximum atomic E-state index is 9.11. The number of hydrogen-bond donors (Lipinski definition) is 0. The van der Waals surface area contributed by atoms with Gasteiger partial charge in [-0.25, -0.2) is 0 Å². The molecule has 0 spiro atoms. The number of rotatable bonds is 3. The summed E-state index contributed by atoms with van der Waals surface area (Å²) in [6, 6.07) is 0. The molecule has 2 nitrogen and oxygen atoms in total. The van der Waals surface area contributed by atoms with Crippen LogP contribution in [0.4, 0.5) is 0 Å². The minimum Gasteiger partial charge on any atom is -0.278 e. The zero-order valence-electron chi connectivity index (χ0n) is 8.30. The van der Waals surface area contributed by atoms with Crippen molar-refractivity contribution in [2.75, 3.05) is 0 Å². The second-order valence-electron chi connectivity index (χ2n) is 4.72. The van der Waals surface area contributed by atoms with E-state index in [0.717, 1.165) is 12.1 Å². The Hall–Kier alpha value is 0.704. The Balaban J connectivity index is 4.43. The summed E-state index contributed by atoms with van der Waals surface area (Å²) in [6.45, 7) is 13.6. The summed E-state index contributed by atoms with van der Waals surface area (Å²) in [5.41, 5.74) is 0. The van der Waals surface area contributed by atoms with Crippen LogP contribution < -0.4 is 5.14 Å². The molecule has 0 aliphatic heterocycles. The third kappa shape index (κ3) is 3.75. The molecular formula is C6H18N2SSi2. The normalized spacial score (nSPS) is 14.2. The fraction of sp³-hybridized carbons (Fsp3) is 1.00. The maximum absolute atomic E-state index is 9.11. The van der Waals surface area contributed by atoms with Crippen molar-refractivity contribution in [2.45, 2.75) is 39.3 Å². The van der Waals surface area contributed by atoms with Crippen molar-refractivity contribution in [3.8, 4) is 0 Å². The van der Waals surface area contributed by atoms with Crippen LogP contribution in [0.15, 0.2) is 0 Å². The zero-order chi connectivity index (χ0) is 9.28. The molecule has 0 atom stereocenters. The Bertz CT molecular complexity index is 114. The van der Waals surface area contributed by atoms with Crippen molar-refractivity contribution >= 4 is 28.6 Å². The Morgan fingerprint density at radius 3 is 1.18 bits per heavy atom. The van der Waals surface area contributed by atoms with Crippen molar-refractivity contribution in [1.29, 1.82) is 0 Å². The van der Waals surface area contributed by atoms with E-state index in [2.05, 4.69) is 42.9 Å². The van der Waals surface area contributed by atoms with Crippen molar-refractivity contribution < 1.29 is 0 Å². The van der Waals surface area contributed by atoms with E-state index in [9.17, 15) is 0 Å². The van der Waals surface area contributed by atoms with E-state index in [0.29, 0.717) is 0 Å². The van der Waals surface area contributed by atoms with Gasteiger partial charge in [0.25, 0.3) is 0 Å². The van der Waals surface area contributed by atoms with E-state index >= 15 is 0 Å². The quantitative estimate of drug-likeness (QED) is 0.524. The van der Waals surface area contributed by atoms with Crippen LogP contribution in [0.5, 0.6) is 0 Å². The first-order valence-corrected chi connectivity index (χ1v) is 11.4. The molecular weight excluding hydrogens is 188 g/mol. The molecule has 0 fully saturated rings. The highest BCUT2D eigenvalue weighted by Crippen LogP contribution is 2.25. The van der Waals surface area contributed by atoms with Crippen LogP contribution >= 0.6 is 12.1 Å². The summed E-state index contributed by atoms with van der Waals surface area (Å²) in [7, 11) is -2.63. The van der Waals surface area contributed by atoms with Crippen molar-refractivity contribution in [2.24, 2.45) is 0 Å². The van der Waals surface area contributed by atoms with Crippen LogP contribution in [0.25, 0.3) is 0 Å². The van der Waals surface area contributed by atoms with Crippen molar-refractivity contribution in [3.63, 3.8) is 0 Å². The lowest BCUT2D eigenvalue weighted by molar-refractivity contribution is 0.998. The fourth-order valence-corrected chi connectivity index (χ4v) is 11.3. The van der Waals surface area contributed by atoms with E-state index in [1.54, 1.807) is 0 Å². The van der Waals surface area contributed by atoms with E-state index < -0.39 is 16.5 Å². The average molecular weight is 206 g/mol. The minimum atomic E-state index is -1.31. The van der Waals surface area contributed by atoms with Gasteiger partial charge in [-0.3, -0.25) is 3.64 Å². The lowest BCUT2D eigenvalue weighted by Gasteiger charge is -2.39. The molecule has 0 aromatic carbocycles. The monoisotopic (exact) mass is 206 g/mol. The van der Waals surface area contributed by atoms with Gasteiger partial charge in [-0.1, -0.05) is 39.3 Å². The third-order valence-electron chi connectivity index (χ3n) is 1.30. The van der Waals surface area contributed by atoms with Gasteiger partial charge >= 0.3 is 0 Å². The molecule has 0 bridgehead atoms. The number of nitrogens with zero attached hydrogens (tertiary/aromatic N) is 2. The maximum Gasteiger partial charge on any atom is 0.125 e. The van der Waals surface area contributed by atoms with E-state index in [-0.39, 0.29) is 0 Å². The molecule has 0 heterocycles. The Morgan fingerprint density at radius 1 is 0.909 bits per heavy atom. The van der Waals surface area contributed by atoms with Crippen LogP contribution in [0.1, 0.15) is 0 Å². The Kier molecular flexibility index (Phi) is 3.84. The molecule has 2 radical (unpaired) electrons. The van der Waals surface area contributed by atoms with Crippen LogP contribution in [0, 0.1) is 0 Å². The molecule has 0 unspecified atom stereocenters. The second kappa shape index (κ2) is 3.61. The molecule has 0 rings (SSSR count). The van der Waals surface area contributed by atoms with Gasteiger partial charge in [0.15, 0.2) is 0 Å². The van der Waals surface area contributed by atoms with Crippen LogP contribution in [0.2, 0.25) is 39.3 Å². The van der Waals surface area contributed by atoms with Crippen LogP contribution in [-0.2, 0) is 0 Å². The lowest BCUT2D eigenvalue weighted by atomic mass is 11.8. The second-order valence-corrected chi connectivity index (χ2v) is 15.9. The van der Waals surface area contributed by atoms with Crippen molar-refractivity contribution in [1.82, 2.24) is 8.78 Å². The summed E-state index contributed by atoms with van der Waals surface area (Å²) < 4.78 is 2.25. The topological polar surface area (TPSA) is 25.5 Å². The molecule has 0 amide bonds. The van der Waals surface area contributed by atoms with Crippen LogP contribution in [0.3, 0.4) is 0 Å². The molecule has 0 N–H and O–H groups in total. The summed E-state index contributed by atoms with van der Waals surface area (Å²) in [4.78, 5) is 0. The summed E-state index contributed by atoms with van der Waals surface area (Å²) in [5.74, 6) is 0. The first-order chi connectivity index (χ1) is 4.69. The molecule has 0 aromatic heterocycles.